The average Bonchev–Trinajstić information content (AvgIpc) is 2.88. The number of carbonyl (C=O) groups excluding carboxylic acids is 1. The van der Waals surface area contributed by atoms with Crippen molar-refractivity contribution in [3.8, 4) is 0 Å². The highest BCUT2D eigenvalue weighted by atomic mass is 16.5. The van der Waals surface area contributed by atoms with E-state index in [9.17, 15) is 4.79 Å². The number of fused-ring (bicyclic) bond motifs is 1. The highest BCUT2D eigenvalue weighted by Gasteiger charge is 2.30. The molecule has 0 aromatic carbocycles. The molecule has 0 unspecified atom stereocenters. The fraction of sp³-hybridized carbons (Fsp3) is 0.579. The van der Waals surface area contributed by atoms with E-state index < -0.39 is 0 Å². The van der Waals surface area contributed by atoms with Gasteiger partial charge >= 0.3 is 0 Å². The first-order valence-corrected chi connectivity index (χ1v) is 8.88. The first kappa shape index (κ1) is 17.0. The molecule has 130 valence electrons. The first-order valence-electron chi connectivity index (χ1n) is 8.88. The Bertz CT molecular complexity index is 702. The van der Waals surface area contributed by atoms with Gasteiger partial charge in [-0.15, -0.1) is 0 Å². The Hall–Kier alpha value is -1.88. The molecule has 5 heteroatoms. The summed E-state index contributed by atoms with van der Waals surface area (Å²) in [6.45, 7) is 10.1. The van der Waals surface area contributed by atoms with Crippen LogP contribution in [0, 0.1) is 5.92 Å². The lowest BCUT2D eigenvalue weighted by Crippen LogP contribution is -2.51. The van der Waals surface area contributed by atoms with Gasteiger partial charge in [0.25, 0.3) is 0 Å². The zero-order valence-corrected chi connectivity index (χ0v) is 14.9. The van der Waals surface area contributed by atoms with E-state index >= 15 is 0 Å². The predicted molar refractivity (Wildman–Crippen MR) is 95.0 cm³/mol. The maximum Gasteiger partial charge on any atom is 0.242 e. The smallest absolute Gasteiger partial charge is 0.242 e. The molecule has 1 saturated heterocycles. The molecule has 1 fully saturated rings. The molecule has 0 spiro atoms. The number of rotatable bonds is 7. The molecule has 3 rings (SSSR count). The van der Waals surface area contributed by atoms with Gasteiger partial charge in [-0.05, 0) is 36.8 Å². The van der Waals surface area contributed by atoms with E-state index in [1.165, 1.54) is 5.56 Å². The van der Waals surface area contributed by atoms with Crippen LogP contribution in [0.15, 0.2) is 24.7 Å². The van der Waals surface area contributed by atoms with Crippen molar-refractivity contribution in [2.24, 2.45) is 5.92 Å². The molecule has 1 aliphatic heterocycles. The minimum Gasteiger partial charge on any atom is -0.382 e. The number of pyridine rings is 1. The Morgan fingerprint density at radius 3 is 2.92 bits per heavy atom. The number of aromatic nitrogens is 2. The van der Waals surface area contributed by atoms with Gasteiger partial charge in [-0.1, -0.05) is 13.8 Å². The van der Waals surface area contributed by atoms with Gasteiger partial charge in [-0.25, -0.2) is 0 Å². The summed E-state index contributed by atoms with van der Waals surface area (Å²) >= 11 is 0. The fourth-order valence-electron chi connectivity index (χ4n) is 3.35. The largest absolute Gasteiger partial charge is 0.382 e. The van der Waals surface area contributed by atoms with Crippen LogP contribution in [0.25, 0.3) is 10.9 Å². The van der Waals surface area contributed by atoms with Gasteiger partial charge in [0, 0.05) is 50.3 Å². The van der Waals surface area contributed by atoms with Crippen molar-refractivity contribution in [1.29, 1.82) is 0 Å². The number of hydrogen-bond acceptors (Lipinski definition) is 3. The molecule has 1 amide bonds. The van der Waals surface area contributed by atoms with Crippen molar-refractivity contribution in [2.75, 3.05) is 26.3 Å². The van der Waals surface area contributed by atoms with E-state index in [0.717, 1.165) is 43.6 Å². The van der Waals surface area contributed by atoms with Crippen LogP contribution in [0.5, 0.6) is 0 Å². The lowest BCUT2D eigenvalue weighted by molar-refractivity contribution is -0.138. The highest BCUT2D eigenvalue weighted by molar-refractivity contribution is 5.86. The second-order valence-corrected chi connectivity index (χ2v) is 6.91. The number of ether oxygens (including phenoxy) is 1. The Kier molecular flexibility index (Phi) is 5.19. The van der Waals surface area contributed by atoms with Gasteiger partial charge in [0.1, 0.15) is 6.54 Å². The summed E-state index contributed by atoms with van der Waals surface area (Å²) in [6, 6.07) is 2.00. The molecule has 2 aromatic heterocycles. The number of amides is 1. The molecule has 0 N–H and O–H groups in total. The van der Waals surface area contributed by atoms with Crippen LogP contribution in [0.1, 0.15) is 38.7 Å². The first-order chi connectivity index (χ1) is 11.6. The Morgan fingerprint density at radius 2 is 2.21 bits per heavy atom. The lowest BCUT2D eigenvalue weighted by Gasteiger charge is -2.39. The molecular formula is C19H27N3O2. The van der Waals surface area contributed by atoms with Gasteiger partial charge in [0.05, 0.1) is 5.52 Å². The van der Waals surface area contributed by atoms with Gasteiger partial charge < -0.3 is 14.2 Å². The van der Waals surface area contributed by atoms with Gasteiger partial charge in [-0.2, -0.15) is 0 Å². The van der Waals surface area contributed by atoms with Gasteiger partial charge in [0.15, 0.2) is 0 Å². The minimum absolute atomic E-state index is 0.201. The summed E-state index contributed by atoms with van der Waals surface area (Å²) in [4.78, 5) is 18.7. The third kappa shape index (κ3) is 3.46. The second-order valence-electron chi connectivity index (χ2n) is 6.91. The quantitative estimate of drug-likeness (QED) is 0.734. The Balaban J connectivity index is 1.63. The molecule has 0 bridgehead atoms. The average molecular weight is 329 g/mol. The summed E-state index contributed by atoms with van der Waals surface area (Å²) in [5.74, 6) is 1.21. The zero-order valence-electron chi connectivity index (χ0n) is 14.9. The van der Waals surface area contributed by atoms with Crippen molar-refractivity contribution in [2.45, 2.75) is 39.7 Å². The van der Waals surface area contributed by atoms with Crippen molar-refractivity contribution in [1.82, 2.24) is 14.5 Å². The number of carbonyl (C=O) groups is 1. The molecule has 24 heavy (non-hydrogen) atoms. The van der Waals surface area contributed by atoms with Crippen LogP contribution in [-0.2, 0) is 16.1 Å². The normalized spacial score (nSPS) is 15.2. The van der Waals surface area contributed by atoms with Crippen LogP contribution >= 0.6 is 0 Å². The molecule has 0 atom stereocenters. The molecule has 0 aliphatic carbocycles. The summed E-state index contributed by atoms with van der Waals surface area (Å²) in [6.07, 6.45) is 6.86. The van der Waals surface area contributed by atoms with Crippen molar-refractivity contribution < 1.29 is 9.53 Å². The van der Waals surface area contributed by atoms with Crippen LogP contribution in [0.2, 0.25) is 0 Å². The number of likely N-dealkylation sites (tertiary alicyclic amines) is 1. The SMILES string of the molecule is CCOCCC1CN(C(=O)Cn2cc(C(C)C)c3cnccc32)C1. The van der Waals surface area contributed by atoms with Gasteiger partial charge in [0.2, 0.25) is 5.91 Å². The third-order valence-corrected chi connectivity index (χ3v) is 4.83. The highest BCUT2D eigenvalue weighted by Crippen LogP contribution is 2.27. The number of hydrogen-bond donors (Lipinski definition) is 0. The van der Waals surface area contributed by atoms with E-state index in [1.54, 1.807) is 6.20 Å². The van der Waals surface area contributed by atoms with Gasteiger partial charge in [-0.3, -0.25) is 9.78 Å². The van der Waals surface area contributed by atoms with Crippen LogP contribution in [-0.4, -0.2) is 46.7 Å². The molecular weight excluding hydrogens is 302 g/mol. The second kappa shape index (κ2) is 7.34. The van der Waals surface area contributed by atoms with Crippen LogP contribution in [0.3, 0.4) is 0 Å². The predicted octanol–water partition coefficient (Wildman–Crippen LogP) is 3.04. The van der Waals surface area contributed by atoms with Crippen LogP contribution < -0.4 is 0 Å². The van der Waals surface area contributed by atoms with E-state index in [4.69, 9.17) is 4.74 Å². The minimum atomic E-state index is 0.201. The van der Waals surface area contributed by atoms with Crippen molar-refractivity contribution >= 4 is 16.8 Å². The Morgan fingerprint density at radius 1 is 1.42 bits per heavy atom. The standard InChI is InChI=1S/C19H27N3O2/c1-4-24-8-6-15-10-22(11-15)19(23)13-21-12-17(14(2)3)16-9-20-7-5-18(16)21/h5,7,9,12,14-15H,4,6,8,10-11,13H2,1-3H3. The van der Waals surface area contributed by atoms with E-state index in [-0.39, 0.29) is 5.91 Å². The van der Waals surface area contributed by atoms with Crippen molar-refractivity contribution in [3.05, 3.63) is 30.2 Å². The topological polar surface area (TPSA) is 47.4 Å². The summed E-state index contributed by atoms with van der Waals surface area (Å²) in [5, 5.41) is 1.15. The molecule has 3 heterocycles. The molecule has 5 nitrogen and oxygen atoms in total. The molecule has 2 aromatic rings. The fourth-order valence-corrected chi connectivity index (χ4v) is 3.35. The summed E-state index contributed by atoms with van der Waals surface area (Å²) < 4.78 is 7.46. The monoisotopic (exact) mass is 329 g/mol. The lowest BCUT2D eigenvalue weighted by atomic mass is 9.97. The summed E-state index contributed by atoms with van der Waals surface area (Å²) in [5.41, 5.74) is 2.35. The zero-order chi connectivity index (χ0) is 17.1. The molecule has 0 radical (unpaired) electrons. The third-order valence-electron chi connectivity index (χ3n) is 4.83. The van der Waals surface area contributed by atoms with Crippen molar-refractivity contribution in [3.63, 3.8) is 0 Å². The summed E-state index contributed by atoms with van der Waals surface area (Å²) in [7, 11) is 0. The van der Waals surface area contributed by atoms with E-state index in [1.807, 2.05) is 24.1 Å². The molecule has 1 aliphatic rings. The van der Waals surface area contributed by atoms with E-state index in [2.05, 4.69) is 29.6 Å². The molecule has 0 saturated carbocycles. The maximum atomic E-state index is 12.6. The maximum absolute atomic E-state index is 12.6. The number of nitrogens with zero attached hydrogens (tertiary/aromatic N) is 3. The van der Waals surface area contributed by atoms with Crippen LogP contribution in [0.4, 0.5) is 0 Å². The van der Waals surface area contributed by atoms with E-state index in [0.29, 0.717) is 18.4 Å². The Labute approximate surface area is 143 Å².